The molecular weight excluding hydrogens is 216 g/mol. The number of anilines is 1. The molecule has 17 heavy (non-hydrogen) atoms. The van der Waals surface area contributed by atoms with Crippen molar-refractivity contribution >= 4 is 11.6 Å². The largest absolute Gasteiger partial charge is 0.506 e. The number of nitrogens with two attached hydrogens (primary N) is 1. The van der Waals surface area contributed by atoms with Gasteiger partial charge >= 0.3 is 0 Å². The fourth-order valence-corrected chi connectivity index (χ4v) is 2.24. The molecule has 0 aliphatic heterocycles. The Labute approximate surface area is 101 Å². The van der Waals surface area contributed by atoms with Gasteiger partial charge in [-0.3, -0.25) is 4.79 Å². The van der Waals surface area contributed by atoms with E-state index in [-0.39, 0.29) is 17.3 Å². The second-order valence-corrected chi connectivity index (χ2v) is 4.63. The molecule has 0 heterocycles. The van der Waals surface area contributed by atoms with Crippen molar-refractivity contribution in [2.75, 3.05) is 12.3 Å². The fourth-order valence-electron chi connectivity index (χ4n) is 2.24. The number of benzene rings is 1. The molecule has 4 heteroatoms. The topological polar surface area (TPSA) is 75.4 Å². The SMILES string of the molecule is Nc1ccc(C(=O)NCC2CCCC2)cc1O. The number of amides is 1. The lowest BCUT2D eigenvalue weighted by Crippen LogP contribution is -2.28. The summed E-state index contributed by atoms with van der Waals surface area (Å²) < 4.78 is 0. The van der Waals surface area contributed by atoms with Crippen LogP contribution in [0.15, 0.2) is 18.2 Å². The summed E-state index contributed by atoms with van der Waals surface area (Å²) in [6.07, 6.45) is 4.94. The molecule has 0 saturated heterocycles. The first-order valence-electron chi connectivity index (χ1n) is 6.03. The first kappa shape index (κ1) is 11.8. The van der Waals surface area contributed by atoms with Crippen LogP contribution in [0.1, 0.15) is 36.0 Å². The van der Waals surface area contributed by atoms with Crippen LogP contribution in [0.2, 0.25) is 0 Å². The van der Waals surface area contributed by atoms with E-state index in [0.29, 0.717) is 11.5 Å². The van der Waals surface area contributed by atoms with Crippen molar-refractivity contribution in [2.45, 2.75) is 25.7 Å². The van der Waals surface area contributed by atoms with Gasteiger partial charge in [0.2, 0.25) is 0 Å². The first-order chi connectivity index (χ1) is 8.16. The van der Waals surface area contributed by atoms with E-state index >= 15 is 0 Å². The number of nitrogen functional groups attached to an aromatic ring is 1. The highest BCUT2D eigenvalue weighted by molar-refractivity contribution is 5.95. The van der Waals surface area contributed by atoms with E-state index in [0.717, 1.165) is 6.54 Å². The zero-order valence-electron chi connectivity index (χ0n) is 9.78. The molecule has 1 aliphatic carbocycles. The molecule has 1 aliphatic rings. The van der Waals surface area contributed by atoms with Crippen molar-refractivity contribution in [2.24, 2.45) is 5.92 Å². The van der Waals surface area contributed by atoms with Gasteiger partial charge in [0, 0.05) is 12.1 Å². The van der Waals surface area contributed by atoms with Gasteiger partial charge in [0.1, 0.15) is 5.75 Å². The first-order valence-corrected chi connectivity index (χ1v) is 6.03. The van der Waals surface area contributed by atoms with Gasteiger partial charge < -0.3 is 16.2 Å². The van der Waals surface area contributed by atoms with E-state index in [1.807, 2.05) is 0 Å². The van der Waals surface area contributed by atoms with Gasteiger partial charge in [-0.05, 0) is 37.0 Å². The molecule has 4 nitrogen and oxygen atoms in total. The van der Waals surface area contributed by atoms with Crippen molar-refractivity contribution in [3.63, 3.8) is 0 Å². The zero-order chi connectivity index (χ0) is 12.3. The molecule has 1 saturated carbocycles. The fraction of sp³-hybridized carbons (Fsp3) is 0.462. The number of carbonyl (C=O) groups is 1. The second-order valence-electron chi connectivity index (χ2n) is 4.63. The van der Waals surface area contributed by atoms with Crippen LogP contribution < -0.4 is 11.1 Å². The number of carbonyl (C=O) groups excluding carboxylic acids is 1. The summed E-state index contributed by atoms with van der Waals surface area (Å²) in [5, 5.41) is 12.3. The van der Waals surface area contributed by atoms with Crippen LogP contribution >= 0.6 is 0 Å². The normalized spacial score (nSPS) is 16.0. The highest BCUT2D eigenvalue weighted by Gasteiger charge is 2.16. The van der Waals surface area contributed by atoms with Crippen LogP contribution in [0.4, 0.5) is 5.69 Å². The minimum Gasteiger partial charge on any atom is -0.506 e. The third-order valence-corrected chi connectivity index (χ3v) is 3.32. The highest BCUT2D eigenvalue weighted by atomic mass is 16.3. The van der Waals surface area contributed by atoms with Crippen molar-refractivity contribution in [3.05, 3.63) is 23.8 Å². The molecule has 1 aromatic carbocycles. The van der Waals surface area contributed by atoms with Gasteiger partial charge in [-0.2, -0.15) is 0 Å². The number of rotatable bonds is 3. The van der Waals surface area contributed by atoms with E-state index in [1.165, 1.54) is 31.7 Å². The average molecular weight is 234 g/mol. The van der Waals surface area contributed by atoms with Gasteiger partial charge in [0.05, 0.1) is 5.69 Å². The molecule has 1 aromatic rings. The number of aromatic hydroxyl groups is 1. The molecule has 4 N–H and O–H groups in total. The van der Waals surface area contributed by atoms with Crippen molar-refractivity contribution in [3.8, 4) is 5.75 Å². The summed E-state index contributed by atoms with van der Waals surface area (Å²) in [5.74, 6) is 0.423. The summed E-state index contributed by atoms with van der Waals surface area (Å²) in [5.41, 5.74) is 6.22. The van der Waals surface area contributed by atoms with Crippen LogP contribution in [0.25, 0.3) is 0 Å². The molecule has 0 spiro atoms. The third kappa shape index (κ3) is 2.90. The van der Waals surface area contributed by atoms with Gasteiger partial charge in [0.25, 0.3) is 5.91 Å². The lowest BCUT2D eigenvalue weighted by molar-refractivity contribution is 0.0947. The third-order valence-electron chi connectivity index (χ3n) is 3.32. The van der Waals surface area contributed by atoms with Crippen molar-refractivity contribution in [1.29, 1.82) is 0 Å². The van der Waals surface area contributed by atoms with Crippen LogP contribution in [0.5, 0.6) is 5.75 Å². The smallest absolute Gasteiger partial charge is 0.251 e. The van der Waals surface area contributed by atoms with Crippen LogP contribution in [-0.2, 0) is 0 Å². The predicted molar refractivity (Wildman–Crippen MR) is 66.8 cm³/mol. The average Bonchev–Trinajstić information content (AvgIpc) is 2.82. The minimum absolute atomic E-state index is 0.0430. The standard InChI is InChI=1S/C13H18N2O2/c14-11-6-5-10(7-12(11)16)13(17)15-8-9-3-1-2-4-9/h5-7,9,16H,1-4,8,14H2,(H,15,17). The Balaban J connectivity index is 1.92. The van der Waals surface area contributed by atoms with Crippen LogP contribution in [0.3, 0.4) is 0 Å². The second kappa shape index (κ2) is 5.08. The Morgan fingerprint density at radius 3 is 2.76 bits per heavy atom. The van der Waals surface area contributed by atoms with Crippen LogP contribution in [0, 0.1) is 5.92 Å². The quantitative estimate of drug-likeness (QED) is 0.552. The number of phenols is 1. The minimum atomic E-state index is -0.146. The van der Waals surface area contributed by atoms with Crippen molar-refractivity contribution < 1.29 is 9.90 Å². The maximum atomic E-state index is 11.8. The zero-order valence-corrected chi connectivity index (χ0v) is 9.78. The Morgan fingerprint density at radius 2 is 2.12 bits per heavy atom. The molecule has 1 amide bonds. The summed E-state index contributed by atoms with van der Waals surface area (Å²) in [7, 11) is 0. The monoisotopic (exact) mass is 234 g/mol. The molecule has 92 valence electrons. The Kier molecular flexibility index (Phi) is 3.52. The number of nitrogens with one attached hydrogen (secondary N) is 1. The summed E-state index contributed by atoms with van der Waals surface area (Å²) >= 11 is 0. The van der Waals surface area contributed by atoms with Gasteiger partial charge in [0.15, 0.2) is 0 Å². The molecule has 0 radical (unpaired) electrons. The van der Waals surface area contributed by atoms with E-state index in [2.05, 4.69) is 5.32 Å². The van der Waals surface area contributed by atoms with E-state index < -0.39 is 0 Å². The molecule has 0 aromatic heterocycles. The molecule has 0 unspecified atom stereocenters. The van der Waals surface area contributed by atoms with Gasteiger partial charge in [-0.15, -0.1) is 0 Å². The Morgan fingerprint density at radius 1 is 1.41 bits per heavy atom. The van der Waals surface area contributed by atoms with Crippen LogP contribution in [-0.4, -0.2) is 17.6 Å². The number of hydrogen-bond acceptors (Lipinski definition) is 3. The maximum absolute atomic E-state index is 11.8. The summed E-state index contributed by atoms with van der Waals surface area (Å²) in [6, 6.07) is 4.57. The van der Waals surface area contributed by atoms with Gasteiger partial charge in [-0.1, -0.05) is 12.8 Å². The van der Waals surface area contributed by atoms with E-state index in [4.69, 9.17) is 5.73 Å². The number of hydrogen-bond donors (Lipinski definition) is 3. The molecule has 0 bridgehead atoms. The van der Waals surface area contributed by atoms with Crippen molar-refractivity contribution in [1.82, 2.24) is 5.32 Å². The molecule has 1 fully saturated rings. The number of phenolic OH excluding ortho intramolecular Hbond substituents is 1. The molecular formula is C13H18N2O2. The molecule has 2 rings (SSSR count). The van der Waals surface area contributed by atoms with E-state index in [9.17, 15) is 9.90 Å². The lowest BCUT2D eigenvalue weighted by atomic mass is 10.1. The predicted octanol–water partition coefficient (Wildman–Crippen LogP) is 1.89. The highest BCUT2D eigenvalue weighted by Crippen LogP contribution is 2.24. The van der Waals surface area contributed by atoms with Gasteiger partial charge in [-0.25, -0.2) is 0 Å². The Bertz CT molecular complexity index is 412. The lowest BCUT2D eigenvalue weighted by Gasteiger charge is -2.11. The maximum Gasteiger partial charge on any atom is 0.251 e. The van der Waals surface area contributed by atoms with E-state index in [1.54, 1.807) is 12.1 Å². The summed E-state index contributed by atoms with van der Waals surface area (Å²) in [4.78, 5) is 11.8. The Hall–Kier alpha value is -1.71. The summed E-state index contributed by atoms with van der Waals surface area (Å²) in [6.45, 7) is 0.726. The molecule has 0 atom stereocenters.